The van der Waals surface area contributed by atoms with Crippen LogP contribution < -0.4 is 0 Å². The van der Waals surface area contributed by atoms with Crippen LogP contribution >= 0.6 is 43.1 Å². The molecule has 6 nitrogen and oxygen atoms in total. The maximum Gasteiger partial charge on any atom is 0.701 e. The van der Waals surface area contributed by atoms with Crippen LogP contribution in [-0.4, -0.2) is 47.2 Å². The van der Waals surface area contributed by atoms with Gasteiger partial charge >= 0.3 is 12.2 Å². The van der Waals surface area contributed by atoms with Gasteiger partial charge in [0, 0.05) is 4.57 Å². The molecule has 0 fully saturated rings. The summed E-state index contributed by atoms with van der Waals surface area (Å²) in [6.45, 7) is 5.71. The fourth-order valence-electron chi connectivity index (χ4n) is 0.976. The van der Waals surface area contributed by atoms with E-state index in [-0.39, 0.29) is 25.4 Å². The van der Waals surface area contributed by atoms with E-state index in [1.807, 2.05) is 6.92 Å². The van der Waals surface area contributed by atoms with Crippen molar-refractivity contribution in [2.45, 2.75) is 43.1 Å². The zero-order chi connectivity index (χ0) is 15.8. The Morgan fingerprint density at radius 3 is 2.05 bits per heavy atom. The number of alkyl halides is 3. The van der Waals surface area contributed by atoms with Crippen molar-refractivity contribution < 1.29 is 28.2 Å². The second kappa shape index (κ2) is 10.5. The van der Waals surface area contributed by atoms with Gasteiger partial charge in [0.05, 0.1) is 31.5 Å². The van der Waals surface area contributed by atoms with Crippen LogP contribution in [0.5, 0.6) is 0 Å². The Hall–Kier alpha value is 0.770. The molecule has 120 valence electrons. The molecule has 0 aliphatic rings. The highest BCUT2D eigenvalue weighted by Gasteiger charge is 2.37. The molecule has 0 rings (SSSR count). The standard InChI is InChI=1S/C10H19Cl3O6P/c1-7(14)4-16-8(2)5-17-9(3)6-18-20(15)19-10(11,12)13/h7-9,14H,4-6H2,1-3H3/q+1. The maximum absolute atomic E-state index is 11.2. The van der Waals surface area contributed by atoms with Crippen molar-refractivity contribution in [3.8, 4) is 0 Å². The van der Waals surface area contributed by atoms with Gasteiger partial charge in [-0.1, -0.05) is 4.52 Å². The van der Waals surface area contributed by atoms with Crippen LogP contribution in [0.15, 0.2) is 0 Å². The molecule has 10 heteroatoms. The van der Waals surface area contributed by atoms with Crippen LogP contribution in [0.2, 0.25) is 0 Å². The van der Waals surface area contributed by atoms with Gasteiger partial charge in [0.15, 0.2) is 0 Å². The quantitative estimate of drug-likeness (QED) is 0.469. The summed E-state index contributed by atoms with van der Waals surface area (Å²) in [5.41, 5.74) is 0. The highest BCUT2D eigenvalue weighted by molar-refractivity contribution is 7.33. The number of rotatable bonds is 10. The topological polar surface area (TPSA) is 74.2 Å². The summed E-state index contributed by atoms with van der Waals surface area (Å²) in [7, 11) is -2.53. The molecule has 0 heterocycles. The Labute approximate surface area is 134 Å². The summed E-state index contributed by atoms with van der Waals surface area (Å²) in [6.07, 6.45) is -1.05. The molecule has 1 N–H and O–H groups in total. The lowest BCUT2D eigenvalue weighted by Crippen LogP contribution is -2.25. The minimum atomic E-state index is -2.53. The van der Waals surface area contributed by atoms with Gasteiger partial charge in [-0.25, -0.2) is 0 Å². The van der Waals surface area contributed by atoms with E-state index in [1.165, 1.54) is 0 Å². The van der Waals surface area contributed by atoms with Gasteiger partial charge in [-0.05, 0) is 55.6 Å². The number of aliphatic hydroxyl groups excluding tert-OH is 1. The molecule has 0 saturated heterocycles. The molecular weight excluding hydrogens is 353 g/mol. The van der Waals surface area contributed by atoms with Crippen molar-refractivity contribution in [3.63, 3.8) is 0 Å². The average molecular weight is 373 g/mol. The normalized spacial score (nSPS) is 17.6. The highest BCUT2D eigenvalue weighted by atomic mass is 35.6. The predicted molar refractivity (Wildman–Crippen MR) is 77.4 cm³/mol. The van der Waals surface area contributed by atoms with Crippen molar-refractivity contribution >= 4 is 43.1 Å². The molecule has 0 spiro atoms. The largest absolute Gasteiger partial charge is 0.701 e. The third-order valence-electron chi connectivity index (χ3n) is 1.83. The van der Waals surface area contributed by atoms with E-state index >= 15 is 0 Å². The van der Waals surface area contributed by atoms with Crippen molar-refractivity contribution in [2.75, 3.05) is 19.8 Å². The minimum absolute atomic E-state index is 0.0130. The molecule has 0 radical (unpaired) electrons. The van der Waals surface area contributed by atoms with Crippen LogP contribution in [0.3, 0.4) is 0 Å². The molecule has 0 aromatic rings. The Kier molecular flexibility index (Phi) is 10.9. The molecule has 0 amide bonds. The Bertz CT molecular complexity index is 287. The smallest absolute Gasteiger partial charge is 0.391 e. The van der Waals surface area contributed by atoms with Crippen LogP contribution in [0.4, 0.5) is 0 Å². The Morgan fingerprint density at radius 1 is 1.05 bits per heavy atom. The van der Waals surface area contributed by atoms with Crippen molar-refractivity contribution in [1.82, 2.24) is 0 Å². The molecule has 0 aliphatic carbocycles. The molecule has 4 unspecified atom stereocenters. The van der Waals surface area contributed by atoms with E-state index in [0.29, 0.717) is 6.61 Å². The lowest BCUT2D eigenvalue weighted by molar-refractivity contribution is -0.0603. The van der Waals surface area contributed by atoms with E-state index in [2.05, 4.69) is 4.52 Å². The van der Waals surface area contributed by atoms with Crippen molar-refractivity contribution in [3.05, 3.63) is 0 Å². The summed E-state index contributed by atoms with van der Waals surface area (Å²) in [5.74, 6) is 0. The molecule has 0 bridgehead atoms. The van der Waals surface area contributed by atoms with Crippen LogP contribution in [0, 0.1) is 0 Å². The second-order valence-electron chi connectivity index (χ2n) is 4.19. The minimum Gasteiger partial charge on any atom is -0.391 e. The summed E-state index contributed by atoms with van der Waals surface area (Å²) < 4.78 is 29.1. The number of ether oxygens (including phenoxy) is 2. The van der Waals surface area contributed by atoms with E-state index in [0.717, 1.165) is 0 Å². The zero-order valence-corrected chi connectivity index (χ0v) is 14.6. The lowest BCUT2D eigenvalue weighted by atomic mass is 10.4. The molecule has 0 saturated carbocycles. The van der Waals surface area contributed by atoms with Crippen LogP contribution in [-0.2, 0) is 23.1 Å². The van der Waals surface area contributed by atoms with E-state index in [4.69, 9.17) is 53.9 Å². The zero-order valence-electron chi connectivity index (χ0n) is 11.4. The molecule has 0 aromatic carbocycles. The van der Waals surface area contributed by atoms with Gasteiger partial charge in [-0.15, -0.1) is 4.52 Å². The van der Waals surface area contributed by atoms with Crippen molar-refractivity contribution in [1.29, 1.82) is 0 Å². The second-order valence-corrected chi connectivity index (χ2v) is 7.26. The molecular formula is C10H19Cl3O6P+. The van der Waals surface area contributed by atoms with Crippen molar-refractivity contribution in [2.24, 2.45) is 0 Å². The molecule has 4 atom stereocenters. The maximum atomic E-state index is 11.2. The molecule has 0 aromatic heterocycles. The van der Waals surface area contributed by atoms with E-state index in [9.17, 15) is 4.57 Å². The number of hydrogen-bond donors (Lipinski definition) is 1. The number of halogens is 3. The number of hydrogen-bond acceptors (Lipinski definition) is 6. The fourth-order valence-corrected chi connectivity index (χ4v) is 2.04. The van der Waals surface area contributed by atoms with Gasteiger partial charge in [-0.3, -0.25) is 0 Å². The van der Waals surface area contributed by atoms with Gasteiger partial charge in [0.2, 0.25) is 0 Å². The van der Waals surface area contributed by atoms with Gasteiger partial charge in [0.1, 0.15) is 6.61 Å². The summed E-state index contributed by atoms with van der Waals surface area (Å²) in [5, 5.41) is 9.05. The van der Waals surface area contributed by atoms with Gasteiger partial charge in [-0.2, -0.15) is 0 Å². The average Bonchev–Trinajstić information content (AvgIpc) is 2.29. The SMILES string of the molecule is CC(O)COC(C)COC(C)CO[P+](=O)OC(Cl)(Cl)Cl. The summed E-state index contributed by atoms with van der Waals surface area (Å²) in [6, 6.07) is 0. The third kappa shape index (κ3) is 13.7. The van der Waals surface area contributed by atoms with E-state index < -0.39 is 18.3 Å². The molecule has 0 aliphatic heterocycles. The fraction of sp³-hybridized carbons (Fsp3) is 1.00. The highest BCUT2D eigenvalue weighted by Crippen LogP contribution is 2.39. The Morgan fingerprint density at radius 2 is 1.55 bits per heavy atom. The van der Waals surface area contributed by atoms with Gasteiger partial charge < -0.3 is 14.6 Å². The summed E-state index contributed by atoms with van der Waals surface area (Å²) in [4.78, 5) is 0. The Balaban J connectivity index is 3.73. The lowest BCUT2D eigenvalue weighted by Gasteiger charge is -2.17. The first-order chi connectivity index (χ1) is 9.10. The van der Waals surface area contributed by atoms with Gasteiger partial charge in [0.25, 0.3) is 0 Å². The first kappa shape index (κ1) is 20.8. The summed E-state index contributed by atoms with van der Waals surface area (Å²) >= 11 is 15.8. The number of aliphatic hydroxyl groups is 1. The van der Waals surface area contributed by atoms with E-state index in [1.54, 1.807) is 13.8 Å². The van der Waals surface area contributed by atoms with Crippen LogP contribution in [0.25, 0.3) is 0 Å². The monoisotopic (exact) mass is 371 g/mol. The third-order valence-corrected chi connectivity index (χ3v) is 3.17. The van der Waals surface area contributed by atoms with Crippen LogP contribution in [0.1, 0.15) is 20.8 Å². The first-order valence-electron chi connectivity index (χ1n) is 5.87. The first-order valence-corrected chi connectivity index (χ1v) is 8.10. The molecule has 20 heavy (non-hydrogen) atoms. The predicted octanol–water partition coefficient (Wildman–Crippen LogP) is 3.20.